The molecule has 4 heteroatoms. The van der Waals surface area contributed by atoms with Crippen LogP contribution in [0.25, 0.3) is 11.1 Å². The zero-order valence-electron chi connectivity index (χ0n) is 10.8. The van der Waals surface area contributed by atoms with E-state index in [0.29, 0.717) is 5.02 Å². The lowest BCUT2D eigenvalue weighted by Crippen LogP contribution is -2.05. The molecule has 0 bridgehead atoms. The normalized spacial score (nSPS) is 10.3. The molecule has 0 saturated heterocycles. The number of aryl methyl sites for hydroxylation is 1. The van der Waals surface area contributed by atoms with Gasteiger partial charge in [0.25, 0.3) is 0 Å². The van der Waals surface area contributed by atoms with E-state index in [1.807, 2.05) is 31.2 Å². The minimum Gasteiger partial charge on any atom is -0.469 e. The summed E-state index contributed by atoms with van der Waals surface area (Å²) < 4.78 is 4.66. The zero-order valence-corrected chi connectivity index (χ0v) is 11.6. The molecule has 1 heterocycles. The molecule has 1 aromatic carbocycles. The summed E-state index contributed by atoms with van der Waals surface area (Å²) in [6.07, 6.45) is 3.70. The van der Waals surface area contributed by atoms with Gasteiger partial charge in [0.2, 0.25) is 0 Å². The number of rotatable bonds is 3. The van der Waals surface area contributed by atoms with E-state index >= 15 is 0 Å². The van der Waals surface area contributed by atoms with Crippen LogP contribution in [0, 0.1) is 6.92 Å². The van der Waals surface area contributed by atoms with Gasteiger partial charge in [0, 0.05) is 23.0 Å². The average molecular weight is 276 g/mol. The number of aromatic nitrogens is 1. The second-order valence-corrected chi connectivity index (χ2v) is 4.66. The van der Waals surface area contributed by atoms with Gasteiger partial charge in [0.1, 0.15) is 0 Å². The fourth-order valence-electron chi connectivity index (χ4n) is 1.94. The van der Waals surface area contributed by atoms with Gasteiger partial charge in [0.15, 0.2) is 0 Å². The molecule has 3 nitrogen and oxygen atoms in total. The SMILES string of the molecule is COC(=O)Cc1cc(C)c(-c2cccnc2)cc1Cl. The minimum atomic E-state index is -0.296. The number of carbonyl (C=O) groups is 1. The number of ether oxygens (including phenoxy) is 1. The molecule has 0 aliphatic rings. The fourth-order valence-corrected chi connectivity index (χ4v) is 2.17. The van der Waals surface area contributed by atoms with Crippen molar-refractivity contribution in [2.24, 2.45) is 0 Å². The van der Waals surface area contributed by atoms with Gasteiger partial charge in [-0.1, -0.05) is 23.7 Å². The number of esters is 1. The Morgan fingerprint density at radius 1 is 1.42 bits per heavy atom. The third kappa shape index (κ3) is 3.12. The third-order valence-electron chi connectivity index (χ3n) is 2.93. The molecule has 2 aromatic rings. The van der Waals surface area contributed by atoms with Crippen molar-refractivity contribution in [3.05, 3.63) is 52.8 Å². The first kappa shape index (κ1) is 13.6. The number of benzene rings is 1. The van der Waals surface area contributed by atoms with Gasteiger partial charge < -0.3 is 4.74 Å². The van der Waals surface area contributed by atoms with Crippen LogP contribution in [0.2, 0.25) is 5.02 Å². The second-order valence-electron chi connectivity index (χ2n) is 4.25. The van der Waals surface area contributed by atoms with Crippen LogP contribution < -0.4 is 0 Å². The molecular formula is C15H14ClNO2. The first-order valence-electron chi connectivity index (χ1n) is 5.88. The quantitative estimate of drug-likeness (QED) is 0.806. The Hall–Kier alpha value is -1.87. The highest BCUT2D eigenvalue weighted by atomic mass is 35.5. The third-order valence-corrected chi connectivity index (χ3v) is 3.28. The van der Waals surface area contributed by atoms with Crippen LogP contribution in [0.3, 0.4) is 0 Å². The maximum atomic E-state index is 11.3. The summed E-state index contributed by atoms with van der Waals surface area (Å²) in [6.45, 7) is 1.99. The maximum Gasteiger partial charge on any atom is 0.310 e. The van der Waals surface area contributed by atoms with Crippen molar-refractivity contribution < 1.29 is 9.53 Å². The molecule has 2 rings (SSSR count). The molecule has 0 spiro atoms. The van der Waals surface area contributed by atoms with Crippen molar-refractivity contribution in [3.63, 3.8) is 0 Å². The molecule has 0 N–H and O–H groups in total. The zero-order chi connectivity index (χ0) is 13.8. The summed E-state index contributed by atoms with van der Waals surface area (Å²) in [5, 5.41) is 0.565. The van der Waals surface area contributed by atoms with Gasteiger partial charge >= 0.3 is 5.97 Å². The minimum absolute atomic E-state index is 0.184. The van der Waals surface area contributed by atoms with Crippen LogP contribution in [0.15, 0.2) is 36.7 Å². The molecule has 0 atom stereocenters. The topological polar surface area (TPSA) is 39.2 Å². The van der Waals surface area contributed by atoms with E-state index in [2.05, 4.69) is 9.72 Å². The van der Waals surface area contributed by atoms with Crippen LogP contribution in [0.1, 0.15) is 11.1 Å². The molecule has 98 valence electrons. The summed E-state index contributed by atoms with van der Waals surface area (Å²) in [5.41, 5.74) is 3.85. The van der Waals surface area contributed by atoms with Crippen molar-refractivity contribution in [1.29, 1.82) is 0 Å². The largest absolute Gasteiger partial charge is 0.469 e. The number of pyridine rings is 1. The lowest BCUT2D eigenvalue weighted by atomic mass is 9.98. The smallest absolute Gasteiger partial charge is 0.310 e. The summed E-state index contributed by atoms with van der Waals surface area (Å²) >= 11 is 6.22. The molecule has 0 aliphatic heterocycles. The van der Waals surface area contributed by atoms with Crippen molar-refractivity contribution >= 4 is 17.6 Å². The molecule has 0 fully saturated rings. The number of halogens is 1. The van der Waals surface area contributed by atoms with Crippen LogP contribution in [0.4, 0.5) is 0 Å². The molecule has 0 amide bonds. The van der Waals surface area contributed by atoms with Gasteiger partial charge in [-0.15, -0.1) is 0 Å². The Morgan fingerprint density at radius 2 is 2.21 bits per heavy atom. The van der Waals surface area contributed by atoms with Crippen molar-refractivity contribution in [2.75, 3.05) is 7.11 Å². The van der Waals surface area contributed by atoms with E-state index in [-0.39, 0.29) is 12.4 Å². The lowest BCUT2D eigenvalue weighted by molar-refractivity contribution is -0.139. The van der Waals surface area contributed by atoms with Crippen LogP contribution >= 0.6 is 11.6 Å². The molecule has 0 radical (unpaired) electrons. The Labute approximate surface area is 117 Å². The molecular weight excluding hydrogens is 262 g/mol. The second kappa shape index (κ2) is 5.85. The van der Waals surface area contributed by atoms with Crippen LogP contribution in [-0.2, 0) is 16.0 Å². The average Bonchev–Trinajstić information content (AvgIpc) is 2.43. The summed E-state index contributed by atoms with van der Waals surface area (Å²) in [4.78, 5) is 15.4. The van der Waals surface area contributed by atoms with Crippen LogP contribution in [0.5, 0.6) is 0 Å². The van der Waals surface area contributed by atoms with Crippen LogP contribution in [-0.4, -0.2) is 18.1 Å². The Bertz CT molecular complexity index is 597. The fraction of sp³-hybridized carbons (Fsp3) is 0.200. The summed E-state index contributed by atoms with van der Waals surface area (Å²) in [6, 6.07) is 7.64. The molecule has 1 aromatic heterocycles. The highest BCUT2D eigenvalue weighted by Gasteiger charge is 2.11. The summed E-state index contributed by atoms with van der Waals surface area (Å²) in [7, 11) is 1.37. The van der Waals surface area contributed by atoms with Gasteiger partial charge in [-0.25, -0.2) is 0 Å². The Morgan fingerprint density at radius 3 is 2.84 bits per heavy atom. The first-order chi connectivity index (χ1) is 9.11. The number of hydrogen-bond acceptors (Lipinski definition) is 3. The highest BCUT2D eigenvalue weighted by Crippen LogP contribution is 2.29. The van der Waals surface area contributed by atoms with Gasteiger partial charge in [-0.3, -0.25) is 9.78 Å². The van der Waals surface area contributed by atoms with E-state index in [1.54, 1.807) is 12.4 Å². The van der Waals surface area contributed by atoms with Gasteiger partial charge in [0.05, 0.1) is 13.5 Å². The van der Waals surface area contributed by atoms with E-state index < -0.39 is 0 Å². The monoisotopic (exact) mass is 275 g/mol. The number of nitrogens with zero attached hydrogens (tertiary/aromatic N) is 1. The summed E-state index contributed by atoms with van der Waals surface area (Å²) in [5.74, 6) is -0.296. The van der Waals surface area contributed by atoms with E-state index in [0.717, 1.165) is 22.3 Å². The predicted molar refractivity (Wildman–Crippen MR) is 75.1 cm³/mol. The maximum absolute atomic E-state index is 11.3. The number of methoxy groups -OCH3 is 1. The lowest BCUT2D eigenvalue weighted by Gasteiger charge is -2.10. The Kier molecular flexibility index (Phi) is 4.17. The molecule has 0 unspecified atom stereocenters. The number of hydrogen-bond donors (Lipinski definition) is 0. The molecule has 19 heavy (non-hydrogen) atoms. The number of carbonyl (C=O) groups excluding carboxylic acids is 1. The van der Waals surface area contributed by atoms with E-state index in [1.165, 1.54) is 7.11 Å². The standard InChI is InChI=1S/C15H14ClNO2/c1-10-6-12(7-15(18)19-2)14(16)8-13(10)11-4-3-5-17-9-11/h3-6,8-9H,7H2,1-2H3. The van der Waals surface area contributed by atoms with E-state index in [4.69, 9.17) is 11.6 Å². The van der Waals surface area contributed by atoms with E-state index in [9.17, 15) is 4.79 Å². The van der Waals surface area contributed by atoms with Crippen molar-refractivity contribution in [1.82, 2.24) is 4.98 Å². The van der Waals surface area contributed by atoms with Gasteiger partial charge in [-0.05, 0) is 35.7 Å². The Balaban J connectivity index is 2.40. The van der Waals surface area contributed by atoms with Crippen molar-refractivity contribution in [3.8, 4) is 11.1 Å². The highest BCUT2D eigenvalue weighted by molar-refractivity contribution is 6.31. The van der Waals surface area contributed by atoms with Crippen molar-refractivity contribution in [2.45, 2.75) is 13.3 Å². The van der Waals surface area contributed by atoms with Gasteiger partial charge in [-0.2, -0.15) is 0 Å². The predicted octanol–water partition coefficient (Wildman–Crippen LogP) is 3.43. The first-order valence-corrected chi connectivity index (χ1v) is 6.26. The molecule has 0 saturated carbocycles. The molecule has 0 aliphatic carbocycles.